The second-order valence-electron chi connectivity index (χ2n) is 6.31. The average Bonchev–Trinajstić information content (AvgIpc) is 3.08. The lowest BCUT2D eigenvalue weighted by atomic mass is 10.1. The van der Waals surface area contributed by atoms with Crippen molar-refractivity contribution in [2.75, 3.05) is 26.2 Å². The number of aromatic amines is 1. The zero-order valence-electron chi connectivity index (χ0n) is 13.8. The van der Waals surface area contributed by atoms with E-state index in [0.717, 1.165) is 35.6 Å². The van der Waals surface area contributed by atoms with Gasteiger partial charge in [-0.2, -0.15) is 5.10 Å². The van der Waals surface area contributed by atoms with Crippen molar-refractivity contribution in [2.24, 2.45) is 0 Å². The van der Waals surface area contributed by atoms with Gasteiger partial charge in [0.15, 0.2) is 5.69 Å². The van der Waals surface area contributed by atoms with Crippen LogP contribution in [-0.4, -0.2) is 52.1 Å². The molecule has 5 nitrogen and oxygen atoms in total. The molecule has 0 aliphatic carbocycles. The van der Waals surface area contributed by atoms with Crippen molar-refractivity contribution in [3.05, 3.63) is 64.8 Å². The van der Waals surface area contributed by atoms with Crippen molar-refractivity contribution in [3.63, 3.8) is 0 Å². The Bertz CT molecular complexity index is 882. The van der Waals surface area contributed by atoms with Gasteiger partial charge in [0, 0.05) is 43.1 Å². The van der Waals surface area contributed by atoms with Crippen LogP contribution < -0.4 is 0 Å². The maximum absolute atomic E-state index is 12.8. The molecule has 1 aliphatic rings. The molecule has 25 heavy (non-hydrogen) atoms. The number of benzene rings is 2. The highest BCUT2D eigenvalue weighted by Gasteiger charge is 2.25. The smallest absolute Gasteiger partial charge is 0.275 e. The van der Waals surface area contributed by atoms with Gasteiger partial charge < -0.3 is 4.90 Å². The van der Waals surface area contributed by atoms with Gasteiger partial charge in [0.1, 0.15) is 0 Å². The molecule has 2 aromatic carbocycles. The fraction of sp³-hybridized carbons (Fsp3) is 0.263. The molecule has 128 valence electrons. The van der Waals surface area contributed by atoms with E-state index in [1.165, 1.54) is 5.56 Å². The minimum Gasteiger partial charge on any atom is -0.335 e. The number of aromatic nitrogens is 2. The number of carbonyl (C=O) groups excluding carboxylic acids is 1. The summed E-state index contributed by atoms with van der Waals surface area (Å²) in [7, 11) is 0. The lowest BCUT2D eigenvalue weighted by Gasteiger charge is -2.34. The predicted molar refractivity (Wildman–Crippen MR) is 98.7 cm³/mol. The number of halogens is 1. The zero-order valence-corrected chi connectivity index (χ0v) is 14.5. The number of hydrogen-bond donors (Lipinski definition) is 1. The van der Waals surface area contributed by atoms with Crippen LogP contribution in [0.2, 0.25) is 5.02 Å². The third-order valence-corrected chi connectivity index (χ3v) is 4.90. The molecule has 0 unspecified atom stereocenters. The highest BCUT2D eigenvalue weighted by Crippen LogP contribution is 2.18. The Morgan fingerprint density at radius 3 is 2.52 bits per heavy atom. The minimum absolute atomic E-state index is 0.00333. The van der Waals surface area contributed by atoms with Crippen LogP contribution in [0.5, 0.6) is 0 Å². The number of amides is 1. The zero-order chi connectivity index (χ0) is 17.2. The maximum atomic E-state index is 12.8. The van der Waals surface area contributed by atoms with E-state index >= 15 is 0 Å². The molecular formula is C19H19ClN4O. The summed E-state index contributed by atoms with van der Waals surface area (Å²) in [6, 6.07) is 15.7. The summed E-state index contributed by atoms with van der Waals surface area (Å²) < 4.78 is 0. The molecule has 1 N–H and O–H groups in total. The van der Waals surface area contributed by atoms with Crippen LogP contribution in [0.4, 0.5) is 0 Å². The summed E-state index contributed by atoms with van der Waals surface area (Å²) >= 11 is 5.93. The van der Waals surface area contributed by atoms with E-state index in [4.69, 9.17) is 11.6 Å². The number of piperazine rings is 1. The van der Waals surface area contributed by atoms with Crippen molar-refractivity contribution in [1.29, 1.82) is 0 Å². The number of H-pyrrole nitrogens is 1. The molecule has 6 heteroatoms. The Labute approximate surface area is 151 Å². The number of fused-ring (bicyclic) bond motifs is 1. The molecule has 0 radical (unpaired) electrons. The van der Waals surface area contributed by atoms with E-state index in [9.17, 15) is 4.79 Å². The molecule has 0 bridgehead atoms. The predicted octanol–water partition coefficient (Wildman–Crippen LogP) is 3.17. The fourth-order valence-electron chi connectivity index (χ4n) is 3.23. The lowest BCUT2D eigenvalue weighted by Crippen LogP contribution is -2.48. The number of rotatable bonds is 3. The molecule has 1 fully saturated rings. The normalized spacial score (nSPS) is 15.6. The van der Waals surface area contributed by atoms with Crippen LogP contribution in [0.15, 0.2) is 48.5 Å². The van der Waals surface area contributed by atoms with E-state index in [0.29, 0.717) is 18.8 Å². The first kappa shape index (κ1) is 16.1. The number of carbonyl (C=O) groups is 1. The number of nitrogens with one attached hydrogen (secondary N) is 1. The van der Waals surface area contributed by atoms with Crippen molar-refractivity contribution in [2.45, 2.75) is 6.54 Å². The van der Waals surface area contributed by atoms with Crippen LogP contribution in [-0.2, 0) is 6.54 Å². The number of nitrogens with zero attached hydrogens (tertiary/aromatic N) is 3. The van der Waals surface area contributed by atoms with E-state index < -0.39 is 0 Å². The summed E-state index contributed by atoms with van der Waals surface area (Å²) in [6.45, 7) is 4.03. The summed E-state index contributed by atoms with van der Waals surface area (Å²) in [5, 5.41) is 8.80. The van der Waals surface area contributed by atoms with Crippen LogP contribution in [0.3, 0.4) is 0 Å². The first-order valence-electron chi connectivity index (χ1n) is 8.40. The third-order valence-electron chi connectivity index (χ3n) is 4.65. The second kappa shape index (κ2) is 6.86. The molecule has 1 aliphatic heterocycles. The van der Waals surface area contributed by atoms with Crippen molar-refractivity contribution in [1.82, 2.24) is 20.0 Å². The molecule has 3 aromatic rings. The van der Waals surface area contributed by atoms with Crippen molar-refractivity contribution < 1.29 is 4.79 Å². The Morgan fingerprint density at radius 1 is 1.04 bits per heavy atom. The molecule has 0 spiro atoms. The number of para-hydroxylation sites is 1. The van der Waals surface area contributed by atoms with Crippen molar-refractivity contribution >= 4 is 28.4 Å². The quantitative estimate of drug-likeness (QED) is 0.786. The number of hydrogen-bond acceptors (Lipinski definition) is 3. The standard InChI is InChI=1S/C19H19ClN4O/c20-15-7-5-14(6-8-15)13-23-9-11-24(12-10-23)19(25)18-16-3-1-2-4-17(16)21-22-18/h1-8H,9-13H2,(H,21,22). The first-order valence-corrected chi connectivity index (χ1v) is 8.78. The van der Waals surface area contributed by atoms with Crippen LogP contribution in [0, 0.1) is 0 Å². The SMILES string of the molecule is O=C(c1n[nH]c2ccccc12)N1CCN(Cc2ccc(Cl)cc2)CC1. The van der Waals surface area contributed by atoms with Gasteiger partial charge in [-0.1, -0.05) is 41.9 Å². The Kier molecular flexibility index (Phi) is 4.42. The van der Waals surface area contributed by atoms with Gasteiger partial charge in [0.2, 0.25) is 0 Å². The van der Waals surface area contributed by atoms with Gasteiger partial charge in [-0.05, 0) is 23.8 Å². The molecule has 1 amide bonds. The van der Waals surface area contributed by atoms with Crippen LogP contribution >= 0.6 is 11.6 Å². The monoisotopic (exact) mass is 354 g/mol. The highest BCUT2D eigenvalue weighted by atomic mass is 35.5. The van der Waals surface area contributed by atoms with Gasteiger partial charge in [0.25, 0.3) is 5.91 Å². The van der Waals surface area contributed by atoms with Crippen molar-refractivity contribution in [3.8, 4) is 0 Å². The average molecular weight is 355 g/mol. The molecule has 0 saturated carbocycles. The van der Waals surface area contributed by atoms with Gasteiger partial charge in [0.05, 0.1) is 5.52 Å². The summed E-state index contributed by atoms with van der Waals surface area (Å²) in [5.74, 6) is 0.00333. The summed E-state index contributed by atoms with van der Waals surface area (Å²) in [4.78, 5) is 17.0. The largest absolute Gasteiger partial charge is 0.335 e. The molecular weight excluding hydrogens is 336 g/mol. The fourth-order valence-corrected chi connectivity index (χ4v) is 3.36. The van der Waals surface area contributed by atoms with Gasteiger partial charge in [-0.25, -0.2) is 0 Å². The van der Waals surface area contributed by atoms with E-state index in [1.54, 1.807) is 0 Å². The second-order valence-corrected chi connectivity index (χ2v) is 6.75. The third kappa shape index (κ3) is 3.38. The molecule has 0 atom stereocenters. The molecule has 1 aromatic heterocycles. The molecule has 2 heterocycles. The molecule has 1 saturated heterocycles. The van der Waals surface area contributed by atoms with E-state index in [1.807, 2.05) is 41.3 Å². The lowest BCUT2D eigenvalue weighted by molar-refractivity contribution is 0.0624. The Morgan fingerprint density at radius 2 is 1.76 bits per heavy atom. The molecule has 4 rings (SSSR count). The van der Waals surface area contributed by atoms with Gasteiger partial charge in [-0.15, -0.1) is 0 Å². The van der Waals surface area contributed by atoms with Crippen LogP contribution in [0.25, 0.3) is 10.9 Å². The Hall–Kier alpha value is -2.37. The van der Waals surface area contributed by atoms with Gasteiger partial charge >= 0.3 is 0 Å². The Balaban J connectivity index is 1.39. The highest BCUT2D eigenvalue weighted by molar-refractivity contribution is 6.30. The minimum atomic E-state index is 0.00333. The topological polar surface area (TPSA) is 52.2 Å². The van der Waals surface area contributed by atoms with E-state index in [2.05, 4.69) is 27.2 Å². The van der Waals surface area contributed by atoms with Crippen LogP contribution in [0.1, 0.15) is 16.1 Å². The van der Waals surface area contributed by atoms with E-state index in [-0.39, 0.29) is 5.91 Å². The van der Waals surface area contributed by atoms with Gasteiger partial charge in [-0.3, -0.25) is 14.8 Å². The maximum Gasteiger partial charge on any atom is 0.275 e. The summed E-state index contributed by atoms with van der Waals surface area (Å²) in [6.07, 6.45) is 0. The first-order chi connectivity index (χ1) is 12.2. The summed E-state index contributed by atoms with van der Waals surface area (Å²) in [5.41, 5.74) is 2.65.